The van der Waals surface area contributed by atoms with Crippen molar-refractivity contribution in [2.75, 3.05) is 31.6 Å². The average Bonchev–Trinajstić information content (AvgIpc) is 2.78. The third-order valence-electron chi connectivity index (χ3n) is 3.63. The molecule has 3 atom stereocenters. The SMILES string of the molecule is CCOC(=O)c1cc(C)sc1NC(=O)C[NH+]1C[C@@H](C)O[C@@H](C)C1. The first-order valence-corrected chi connectivity index (χ1v) is 8.77. The Labute approximate surface area is 140 Å². The summed E-state index contributed by atoms with van der Waals surface area (Å²) in [5, 5.41) is 3.43. The summed E-state index contributed by atoms with van der Waals surface area (Å²) in [6.07, 6.45) is 0.307. The molecule has 23 heavy (non-hydrogen) atoms. The van der Waals surface area contributed by atoms with Crippen molar-refractivity contribution in [1.29, 1.82) is 0 Å². The molecule has 7 heteroatoms. The van der Waals surface area contributed by atoms with Gasteiger partial charge in [-0.25, -0.2) is 4.79 Å². The fourth-order valence-corrected chi connectivity index (χ4v) is 3.81. The van der Waals surface area contributed by atoms with E-state index in [0.717, 1.165) is 18.0 Å². The lowest BCUT2D eigenvalue weighted by molar-refractivity contribution is -0.907. The summed E-state index contributed by atoms with van der Waals surface area (Å²) in [6, 6.07) is 1.75. The fraction of sp³-hybridized carbons (Fsp3) is 0.625. The number of carbonyl (C=O) groups excluding carboxylic acids is 2. The Morgan fingerprint density at radius 1 is 1.39 bits per heavy atom. The molecular weight excluding hydrogens is 316 g/mol. The summed E-state index contributed by atoms with van der Waals surface area (Å²) in [7, 11) is 0. The Bertz CT molecular complexity index is 562. The van der Waals surface area contributed by atoms with Crippen LogP contribution < -0.4 is 10.2 Å². The van der Waals surface area contributed by atoms with Gasteiger partial charge in [-0.1, -0.05) is 0 Å². The first kappa shape index (κ1) is 17.9. The monoisotopic (exact) mass is 341 g/mol. The van der Waals surface area contributed by atoms with Crippen molar-refractivity contribution in [3.63, 3.8) is 0 Å². The van der Waals surface area contributed by atoms with Crippen LogP contribution in [0.5, 0.6) is 0 Å². The lowest BCUT2D eigenvalue weighted by atomic mass is 10.2. The predicted octanol–water partition coefficient (Wildman–Crippen LogP) is 0.864. The van der Waals surface area contributed by atoms with Gasteiger partial charge in [-0.05, 0) is 33.8 Å². The molecule has 1 saturated heterocycles. The van der Waals surface area contributed by atoms with Crippen LogP contribution in [0, 0.1) is 6.92 Å². The molecule has 1 aliphatic rings. The lowest BCUT2D eigenvalue weighted by Gasteiger charge is -2.31. The number of quaternary nitrogens is 1. The topological polar surface area (TPSA) is 69.1 Å². The summed E-state index contributed by atoms with van der Waals surface area (Å²) in [5.41, 5.74) is 0.432. The van der Waals surface area contributed by atoms with Crippen molar-refractivity contribution in [2.24, 2.45) is 0 Å². The molecule has 0 aromatic carbocycles. The minimum absolute atomic E-state index is 0.0892. The van der Waals surface area contributed by atoms with Gasteiger partial charge in [0.15, 0.2) is 6.54 Å². The number of carbonyl (C=O) groups is 2. The highest BCUT2D eigenvalue weighted by molar-refractivity contribution is 7.16. The van der Waals surface area contributed by atoms with Crippen LogP contribution in [0.4, 0.5) is 5.00 Å². The van der Waals surface area contributed by atoms with Crippen molar-refractivity contribution in [2.45, 2.75) is 39.9 Å². The molecule has 0 radical (unpaired) electrons. The Hall–Kier alpha value is -1.44. The van der Waals surface area contributed by atoms with Gasteiger partial charge < -0.3 is 19.7 Å². The standard InChI is InChI=1S/C16H24N2O4S/c1-5-21-16(20)13-6-12(4)23-15(13)17-14(19)9-18-7-10(2)22-11(3)8-18/h6,10-11H,5,7-9H2,1-4H3,(H,17,19)/p+1/t10-,11+. The molecule has 1 unspecified atom stereocenters. The molecule has 2 rings (SSSR count). The lowest BCUT2D eigenvalue weighted by Crippen LogP contribution is -3.16. The number of amides is 1. The van der Waals surface area contributed by atoms with Crippen LogP contribution in [0.3, 0.4) is 0 Å². The molecule has 2 heterocycles. The summed E-state index contributed by atoms with van der Waals surface area (Å²) in [5.74, 6) is -0.484. The number of ether oxygens (including phenoxy) is 2. The maximum Gasteiger partial charge on any atom is 0.341 e. The second-order valence-corrected chi connectivity index (χ2v) is 7.22. The minimum Gasteiger partial charge on any atom is -0.462 e. The van der Waals surface area contributed by atoms with Gasteiger partial charge in [-0.2, -0.15) is 0 Å². The molecule has 1 fully saturated rings. The van der Waals surface area contributed by atoms with E-state index < -0.39 is 5.97 Å². The van der Waals surface area contributed by atoms with E-state index in [1.807, 2.05) is 20.8 Å². The van der Waals surface area contributed by atoms with E-state index >= 15 is 0 Å². The predicted molar refractivity (Wildman–Crippen MR) is 89.2 cm³/mol. The van der Waals surface area contributed by atoms with Gasteiger partial charge in [0.05, 0.1) is 12.2 Å². The minimum atomic E-state index is -0.395. The van der Waals surface area contributed by atoms with Crippen LogP contribution in [0.1, 0.15) is 36.0 Å². The van der Waals surface area contributed by atoms with Crippen LogP contribution in [0.25, 0.3) is 0 Å². The first-order valence-electron chi connectivity index (χ1n) is 7.95. The quantitative estimate of drug-likeness (QED) is 0.780. The van der Waals surface area contributed by atoms with Crippen LogP contribution >= 0.6 is 11.3 Å². The van der Waals surface area contributed by atoms with Crippen LogP contribution in [0.2, 0.25) is 0 Å². The Morgan fingerprint density at radius 2 is 2.04 bits per heavy atom. The molecule has 1 aromatic rings. The Morgan fingerprint density at radius 3 is 2.65 bits per heavy atom. The highest BCUT2D eigenvalue weighted by atomic mass is 32.1. The van der Waals surface area contributed by atoms with E-state index in [9.17, 15) is 9.59 Å². The zero-order valence-electron chi connectivity index (χ0n) is 14.1. The number of aryl methyl sites for hydroxylation is 1. The fourth-order valence-electron chi connectivity index (χ4n) is 2.90. The summed E-state index contributed by atoms with van der Waals surface area (Å²) < 4.78 is 10.7. The Balaban J connectivity index is 1.99. The summed E-state index contributed by atoms with van der Waals surface area (Å²) in [6.45, 7) is 10.0. The van der Waals surface area contributed by atoms with Crippen LogP contribution in [-0.4, -0.2) is 50.3 Å². The molecule has 1 aromatic heterocycles. The van der Waals surface area contributed by atoms with Crippen molar-refractivity contribution in [3.05, 3.63) is 16.5 Å². The Kier molecular flexibility index (Phi) is 6.15. The molecule has 1 aliphatic heterocycles. The van der Waals surface area contributed by atoms with Gasteiger partial charge in [0.25, 0.3) is 5.91 Å². The smallest absolute Gasteiger partial charge is 0.341 e. The third kappa shape index (κ3) is 5.02. The normalized spacial score (nSPS) is 24.3. The average molecular weight is 341 g/mol. The number of hydrogen-bond donors (Lipinski definition) is 2. The summed E-state index contributed by atoms with van der Waals surface area (Å²) in [4.78, 5) is 26.4. The van der Waals surface area contributed by atoms with E-state index in [4.69, 9.17) is 9.47 Å². The molecule has 6 nitrogen and oxygen atoms in total. The number of rotatable bonds is 5. The number of anilines is 1. The maximum absolute atomic E-state index is 12.3. The molecule has 0 aliphatic carbocycles. The highest BCUT2D eigenvalue weighted by Crippen LogP contribution is 2.28. The highest BCUT2D eigenvalue weighted by Gasteiger charge is 2.28. The van der Waals surface area contributed by atoms with Crippen LogP contribution in [-0.2, 0) is 14.3 Å². The zero-order chi connectivity index (χ0) is 17.0. The second kappa shape index (κ2) is 7.90. The van der Waals surface area contributed by atoms with Gasteiger partial charge in [0, 0.05) is 4.88 Å². The number of morpholine rings is 1. The van der Waals surface area contributed by atoms with E-state index in [2.05, 4.69) is 5.32 Å². The van der Waals surface area contributed by atoms with E-state index in [-0.39, 0.29) is 18.1 Å². The van der Waals surface area contributed by atoms with Crippen molar-refractivity contribution < 1.29 is 24.0 Å². The van der Waals surface area contributed by atoms with E-state index in [0.29, 0.717) is 23.7 Å². The molecule has 1 amide bonds. The van der Waals surface area contributed by atoms with Gasteiger partial charge in [-0.15, -0.1) is 11.3 Å². The van der Waals surface area contributed by atoms with Crippen molar-refractivity contribution >= 4 is 28.2 Å². The molecular formula is C16H25N2O4S+. The number of thiophene rings is 1. The molecule has 0 spiro atoms. The van der Waals surface area contributed by atoms with Crippen molar-refractivity contribution in [3.8, 4) is 0 Å². The number of nitrogens with one attached hydrogen (secondary N) is 2. The summed E-state index contributed by atoms with van der Waals surface area (Å²) >= 11 is 1.39. The van der Waals surface area contributed by atoms with Crippen LogP contribution in [0.15, 0.2) is 6.07 Å². The molecule has 0 bridgehead atoms. The largest absolute Gasteiger partial charge is 0.462 e. The van der Waals surface area contributed by atoms with E-state index in [1.165, 1.54) is 16.2 Å². The van der Waals surface area contributed by atoms with Gasteiger partial charge in [0.1, 0.15) is 30.3 Å². The van der Waals surface area contributed by atoms with Gasteiger partial charge in [-0.3, -0.25) is 4.79 Å². The first-order chi connectivity index (χ1) is 10.9. The van der Waals surface area contributed by atoms with Gasteiger partial charge in [0.2, 0.25) is 0 Å². The van der Waals surface area contributed by atoms with E-state index in [1.54, 1.807) is 13.0 Å². The number of esters is 1. The molecule has 0 saturated carbocycles. The zero-order valence-corrected chi connectivity index (χ0v) is 14.9. The van der Waals surface area contributed by atoms with Gasteiger partial charge >= 0.3 is 5.97 Å². The number of hydrogen-bond acceptors (Lipinski definition) is 5. The third-order valence-corrected chi connectivity index (χ3v) is 4.60. The maximum atomic E-state index is 12.3. The second-order valence-electron chi connectivity index (χ2n) is 5.96. The molecule has 128 valence electrons. The molecule has 2 N–H and O–H groups in total. The van der Waals surface area contributed by atoms with Crippen molar-refractivity contribution in [1.82, 2.24) is 0 Å².